The van der Waals surface area contributed by atoms with E-state index in [2.05, 4.69) is 5.32 Å². The first-order valence-electron chi connectivity index (χ1n) is 12.4. The fourth-order valence-corrected chi connectivity index (χ4v) is 7.04. The molecule has 0 aromatic heterocycles. The molecule has 6 nitrogen and oxygen atoms in total. The van der Waals surface area contributed by atoms with Crippen LogP contribution in [-0.2, 0) is 14.3 Å². The fraction of sp³-hybridized carbons (Fsp3) is 0.654. The number of nitrogens with zero attached hydrogens (tertiary/aromatic N) is 1. The smallest absolute Gasteiger partial charge is 0.309 e. The zero-order chi connectivity index (χ0) is 23.2. The highest BCUT2D eigenvalue weighted by Gasteiger charge is 2.51. The molecule has 1 saturated heterocycles. The van der Waals surface area contributed by atoms with Gasteiger partial charge in [0.05, 0.1) is 5.92 Å². The molecule has 5 aliphatic rings. The molecule has 1 aromatic rings. The Morgan fingerprint density at radius 1 is 1.00 bits per heavy atom. The van der Waals surface area contributed by atoms with E-state index in [4.69, 9.17) is 4.74 Å². The lowest BCUT2D eigenvalue weighted by molar-refractivity contribution is -0.161. The van der Waals surface area contributed by atoms with Crippen molar-refractivity contribution < 1.29 is 23.5 Å². The van der Waals surface area contributed by atoms with Gasteiger partial charge >= 0.3 is 5.97 Å². The second kappa shape index (κ2) is 8.73. The normalized spacial score (nSPS) is 31.8. The Morgan fingerprint density at radius 3 is 2.09 bits per heavy atom. The van der Waals surface area contributed by atoms with E-state index in [-0.39, 0.29) is 35.1 Å². The van der Waals surface area contributed by atoms with Crippen LogP contribution in [0.1, 0.15) is 68.6 Å². The lowest BCUT2D eigenvalue weighted by Crippen LogP contribution is -2.61. The van der Waals surface area contributed by atoms with Crippen LogP contribution < -0.4 is 5.32 Å². The Bertz CT molecular complexity index is 887. The van der Waals surface area contributed by atoms with Crippen LogP contribution in [-0.4, -0.2) is 47.4 Å². The molecule has 5 fully saturated rings. The maximum atomic E-state index is 13.1. The molecule has 4 aliphatic carbocycles. The minimum atomic E-state index is -0.815. The van der Waals surface area contributed by atoms with Crippen molar-refractivity contribution in [2.45, 2.75) is 69.9 Å². The first-order valence-corrected chi connectivity index (χ1v) is 12.4. The van der Waals surface area contributed by atoms with Gasteiger partial charge in [0.2, 0.25) is 0 Å². The molecule has 0 radical (unpaired) electrons. The van der Waals surface area contributed by atoms with Gasteiger partial charge in [-0.3, -0.25) is 14.4 Å². The summed E-state index contributed by atoms with van der Waals surface area (Å²) in [5.41, 5.74) is 0.339. The largest absolute Gasteiger partial charge is 0.452 e. The van der Waals surface area contributed by atoms with Gasteiger partial charge in [-0.15, -0.1) is 0 Å². The predicted octanol–water partition coefficient (Wildman–Crippen LogP) is 3.69. The Balaban J connectivity index is 1.10. The summed E-state index contributed by atoms with van der Waals surface area (Å²) in [7, 11) is 0. The number of hydrogen-bond acceptors (Lipinski definition) is 4. The van der Waals surface area contributed by atoms with E-state index in [0.717, 1.165) is 37.0 Å². The van der Waals surface area contributed by atoms with Gasteiger partial charge < -0.3 is 15.0 Å². The lowest BCUT2D eigenvalue weighted by Gasteiger charge is -2.57. The van der Waals surface area contributed by atoms with E-state index in [1.165, 1.54) is 43.5 Å². The molecular weight excluding hydrogens is 423 g/mol. The second-order valence-electron chi connectivity index (χ2n) is 10.8. The van der Waals surface area contributed by atoms with Crippen molar-refractivity contribution in [3.05, 3.63) is 35.6 Å². The number of amides is 2. The summed E-state index contributed by atoms with van der Waals surface area (Å²) in [6.45, 7) is 2.52. The molecular formula is C26H33FN2O4. The monoisotopic (exact) mass is 456 g/mol. The highest BCUT2D eigenvalue weighted by atomic mass is 19.1. The Hall–Kier alpha value is -2.44. The molecule has 0 unspecified atom stereocenters. The van der Waals surface area contributed by atoms with Gasteiger partial charge in [-0.1, -0.05) is 0 Å². The lowest BCUT2D eigenvalue weighted by atomic mass is 9.53. The van der Waals surface area contributed by atoms with Gasteiger partial charge in [0.1, 0.15) is 5.82 Å². The number of piperidine rings is 1. The summed E-state index contributed by atoms with van der Waals surface area (Å²) in [5, 5.41) is 3.28. The molecule has 7 heteroatoms. The Morgan fingerprint density at radius 2 is 1.55 bits per heavy atom. The van der Waals surface area contributed by atoms with Gasteiger partial charge in [-0.05, 0) is 100 Å². The third-order valence-corrected chi connectivity index (χ3v) is 8.30. The average Bonchev–Trinajstić information content (AvgIpc) is 2.78. The number of rotatable bonds is 5. The predicted molar refractivity (Wildman–Crippen MR) is 120 cm³/mol. The third kappa shape index (κ3) is 4.64. The van der Waals surface area contributed by atoms with Crippen LogP contribution in [0.5, 0.6) is 0 Å². The number of halogens is 1. The average molecular weight is 457 g/mol. The van der Waals surface area contributed by atoms with Crippen molar-refractivity contribution in [1.29, 1.82) is 0 Å². The number of carbonyl (C=O) groups is 3. The zero-order valence-electron chi connectivity index (χ0n) is 19.2. The van der Waals surface area contributed by atoms with Crippen molar-refractivity contribution in [2.75, 3.05) is 13.1 Å². The van der Waals surface area contributed by atoms with Crippen LogP contribution in [0.15, 0.2) is 24.3 Å². The topological polar surface area (TPSA) is 75.7 Å². The van der Waals surface area contributed by atoms with Gasteiger partial charge in [0.25, 0.3) is 11.8 Å². The van der Waals surface area contributed by atoms with Crippen molar-refractivity contribution >= 4 is 17.8 Å². The molecule has 33 heavy (non-hydrogen) atoms. The number of nitrogens with one attached hydrogen (secondary N) is 1. The van der Waals surface area contributed by atoms with E-state index in [9.17, 15) is 18.8 Å². The van der Waals surface area contributed by atoms with Crippen LogP contribution in [0.4, 0.5) is 4.39 Å². The molecule has 6 rings (SSSR count). The Kier molecular flexibility index (Phi) is 5.91. The first kappa shape index (κ1) is 22.4. The number of carbonyl (C=O) groups excluding carboxylic acids is 3. The molecule has 1 aliphatic heterocycles. The number of esters is 1. The maximum Gasteiger partial charge on any atom is 0.309 e. The van der Waals surface area contributed by atoms with Gasteiger partial charge in [0, 0.05) is 24.2 Å². The summed E-state index contributed by atoms with van der Waals surface area (Å²) >= 11 is 0. The number of hydrogen-bond donors (Lipinski definition) is 1. The summed E-state index contributed by atoms with van der Waals surface area (Å²) in [6, 6.07) is 5.49. The number of benzene rings is 1. The molecule has 1 aromatic carbocycles. The zero-order valence-corrected chi connectivity index (χ0v) is 19.2. The van der Waals surface area contributed by atoms with E-state index in [1.807, 2.05) is 0 Å². The molecule has 178 valence electrons. The molecule has 1 N–H and O–H groups in total. The summed E-state index contributed by atoms with van der Waals surface area (Å²) < 4.78 is 18.7. The van der Waals surface area contributed by atoms with E-state index >= 15 is 0 Å². The van der Waals surface area contributed by atoms with Crippen LogP contribution in [0.2, 0.25) is 0 Å². The number of likely N-dealkylation sites (tertiary alicyclic amines) is 1. The minimum Gasteiger partial charge on any atom is -0.452 e. The minimum absolute atomic E-state index is 0.0987. The summed E-state index contributed by atoms with van der Waals surface area (Å²) in [4.78, 5) is 39.9. The van der Waals surface area contributed by atoms with Crippen LogP contribution in [0.3, 0.4) is 0 Å². The quantitative estimate of drug-likeness (QED) is 0.686. The van der Waals surface area contributed by atoms with Crippen molar-refractivity contribution in [2.24, 2.45) is 23.7 Å². The van der Waals surface area contributed by atoms with Crippen LogP contribution in [0, 0.1) is 29.5 Å². The fourth-order valence-electron chi connectivity index (χ4n) is 7.04. The van der Waals surface area contributed by atoms with Gasteiger partial charge in [-0.25, -0.2) is 4.39 Å². The Labute approximate surface area is 194 Å². The summed E-state index contributed by atoms with van der Waals surface area (Å²) in [5.74, 6) is 0.787. The van der Waals surface area contributed by atoms with Crippen LogP contribution in [0.25, 0.3) is 0 Å². The second-order valence-corrected chi connectivity index (χ2v) is 10.8. The van der Waals surface area contributed by atoms with Crippen molar-refractivity contribution in [1.82, 2.24) is 10.2 Å². The standard InChI is InChI=1S/C26H33FN2O4/c1-16(23(30)28-26-13-17-10-18(14-26)12-19(11-17)15-26)33-25(32)21-6-8-29(9-7-21)24(31)20-2-4-22(27)5-3-20/h2-5,16-19,21H,6-15H2,1H3,(H,28,30)/t16-,17?,18?,19?,26?/m0/s1. The van der Waals surface area contributed by atoms with E-state index < -0.39 is 6.10 Å². The molecule has 0 spiro atoms. The molecule has 1 heterocycles. The molecule has 4 saturated carbocycles. The van der Waals surface area contributed by atoms with Gasteiger partial charge in [-0.2, -0.15) is 0 Å². The highest BCUT2D eigenvalue weighted by molar-refractivity contribution is 5.94. The first-order chi connectivity index (χ1) is 15.8. The SMILES string of the molecule is C[C@H](OC(=O)C1CCN(C(=O)c2ccc(F)cc2)CC1)C(=O)NC12CC3CC(CC(C3)C1)C2. The molecule has 4 bridgehead atoms. The van der Waals surface area contributed by atoms with Crippen molar-refractivity contribution in [3.8, 4) is 0 Å². The van der Waals surface area contributed by atoms with E-state index in [0.29, 0.717) is 31.5 Å². The molecule has 2 amide bonds. The highest BCUT2D eigenvalue weighted by Crippen LogP contribution is 2.55. The third-order valence-electron chi connectivity index (χ3n) is 8.30. The number of ether oxygens (including phenoxy) is 1. The van der Waals surface area contributed by atoms with Crippen LogP contribution >= 0.6 is 0 Å². The maximum absolute atomic E-state index is 13.1. The summed E-state index contributed by atoms with van der Waals surface area (Å²) in [6.07, 6.45) is 7.28. The van der Waals surface area contributed by atoms with E-state index in [1.54, 1.807) is 11.8 Å². The van der Waals surface area contributed by atoms with Gasteiger partial charge in [0.15, 0.2) is 6.10 Å². The van der Waals surface area contributed by atoms with Crippen molar-refractivity contribution in [3.63, 3.8) is 0 Å². The molecule has 1 atom stereocenters.